The van der Waals surface area contributed by atoms with Crippen LogP contribution in [0.5, 0.6) is 0 Å². The molecular formula is C9H13N5O. The van der Waals surface area contributed by atoms with E-state index in [4.69, 9.17) is 0 Å². The number of aromatic nitrogens is 5. The maximum Gasteiger partial charge on any atom is 0.343 e. The largest absolute Gasteiger partial charge is 0.343 e. The Balaban J connectivity index is 2.41. The van der Waals surface area contributed by atoms with Gasteiger partial charge in [0.2, 0.25) is 0 Å². The minimum absolute atomic E-state index is 0.0427. The molecular weight excluding hydrogens is 194 g/mol. The summed E-state index contributed by atoms with van der Waals surface area (Å²) in [6, 6.07) is 1.80. The molecule has 0 amide bonds. The first-order chi connectivity index (χ1) is 7.24. The third-order valence-corrected chi connectivity index (χ3v) is 2.40. The first kappa shape index (κ1) is 9.70. The topological polar surface area (TPSA) is 68.5 Å². The highest BCUT2D eigenvalue weighted by molar-refractivity contribution is 4.96. The maximum atomic E-state index is 11.4. The van der Waals surface area contributed by atoms with Crippen molar-refractivity contribution in [1.29, 1.82) is 0 Å². The van der Waals surface area contributed by atoms with E-state index in [0.717, 1.165) is 0 Å². The van der Waals surface area contributed by atoms with Crippen molar-refractivity contribution in [1.82, 2.24) is 24.5 Å². The van der Waals surface area contributed by atoms with Crippen LogP contribution in [0, 0.1) is 0 Å². The summed E-state index contributed by atoms with van der Waals surface area (Å²) in [5.41, 5.74) is -0.175. The van der Waals surface area contributed by atoms with Crippen LogP contribution >= 0.6 is 0 Å². The Kier molecular flexibility index (Phi) is 2.40. The summed E-state index contributed by atoms with van der Waals surface area (Å²) in [6.07, 6.45) is 3.56. The second-order valence-corrected chi connectivity index (χ2v) is 3.29. The molecule has 0 radical (unpaired) electrons. The van der Waals surface area contributed by atoms with Gasteiger partial charge in [0.15, 0.2) is 5.82 Å². The molecule has 0 aliphatic rings. The predicted molar refractivity (Wildman–Crippen MR) is 54.6 cm³/mol. The van der Waals surface area contributed by atoms with Gasteiger partial charge in [-0.05, 0) is 19.9 Å². The lowest BCUT2D eigenvalue weighted by molar-refractivity contribution is 0.505. The number of nitrogens with zero attached hydrogens (tertiary/aromatic N) is 4. The van der Waals surface area contributed by atoms with Crippen LogP contribution in [0.3, 0.4) is 0 Å². The molecule has 0 aromatic carbocycles. The Bertz CT molecular complexity index is 481. The molecule has 0 spiro atoms. The lowest BCUT2D eigenvalue weighted by Gasteiger charge is -2.11. The van der Waals surface area contributed by atoms with Crippen molar-refractivity contribution >= 4 is 0 Å². The van der Waals surface area contributed by atoms with Gasteiger partial charge in [0.05, 0.1) is 0 Å². The monoisotopic (exact) mass is 207 g/mol. The number of nitrogens with one attached hydrogen (secondary N) is 1. The van der Waals surface area contributed by atoms with E-state index < -0.39 is 0 Å². The van der Waals surface area contributed by atoms with Crippen molar-refractivity contribution < 1.29 is 0 Å². The van der Waals surface area contributed by atoms with Gasteiger partial charge in [0, 0.05) is 18.9 Å². The number of H-pyrrole nitrogens is 1. The smallest absolute Gasteiger partial charge is 0.278 e. The van der Waals surface area contributed by atoms with Crippen LogP contribution in [0.4, 0.5) is 0 Å². The number of rotatable bonds is 3. The molecule has 6 heteroatoms. The maximum absolute atomic E-state index is 11.4. The van der Waals surface area contributed by atoms with Crippen molar-refractivity contribution in [2.75, 3.05) is 0 Å². The van der Waals surface area contributed by atoms with E-state index in [9.17, 15) is 4.79 Å². The highest BCUT2D eigenvalue weighted by Crippen LogP contribution is 2.11. The van der Waals surface area contributed by atoms with E-state index in [0.29, 0.717) is 12.4 Å². The van der Waals surface area contributed by atoms with Gasteiger partial charge in [0.1, 0.15) is 6.04 Å². The molecule has 6 nitrogen and oxygen atoms in total. The van der Waals surface area contributed by atoms with Gasteiger partial charge in [0.25, 0.3) is 0 Å². The molecule has 2 aromatic heterocycles. The number of aromatic amines is 1. The fourth-order valence-electron chi connectivity index (χ4n) is 1.58. The van der Waals surface area contributed by atoms with Crippen LogP contribution in [0.1, 0.15) is 25.7 Å². The van der Waals surface area contributed by atoms with Gasteiger partial charge in [-0.1, -0.05) is 0 Å². The molecule has 2 heterocycles. The first-order valence-corrected chi connectivity index (χ1v) is 4.88. The quantitative estimate of drug-likeness (QED) is 0.792. The molecule has 0 saturated carbocycles. The zero-order chi connectivity index (χ0) is 10.8. The zero-order valence-corrected chi connectivity index (χ0v) is 8.71. The Labute approximate surface area is 86.5 Å². The minimum Gasteiger partial charge on any atom is -0.278 e. The molecule has 1 atom stereocenters. The summed E-state index contributed by atoms with van der Waals surface area (Å²) in [6.45, 7) is 4.47. The average molecular weight is 207 g/mol. The van der Waals surface area contributed by atoms with E-state index in [2.05, 4.69) is 15.3 Å². The third-order valence-electron chi connectivity index (χ3n) is 2.40. The highest BCUT2D eigenvalue weighted by atomic mass is 16.1. The van der Waals surface area contributed by atoms with E-state index in [1.807, 2.05) is 26.1 Å². The number of hydrogen-bond acceptors (Lipinski definition) is 3. The van der Waals surface area contributed by atoms with Gasteiger partial charge in [-0.2, -0.15) is 10.2 Å². The second kappa shape index (κ2) is 3.72. The van der Waals surface area contributed by atoms with E-state index >= 15 is 0 Å². The Morgan fingerprint density at radius 2 is 2.40 bits per heavy atom. The number of hydrogen-bond donors (Lipinski definition) is 1. The summed E-state index contributed by atoms with van der Waals surface area (Å²) in [7, 11) is 0. The van der Waals surface area contributed by atoms with Crippen molar-refractivity contribution in [3.05, 3.63) is 34.8 Å². The van der Waals surface area contributed by atoms with E-state index in [-0.39, 0.29) is 11.7 Å². The van der Waals surface area contributed by atoms with Crippen LogP contribution in [0.2, 0.25) is 0 Å². The third kappa shape index (κ3) is 1.58. The fraction of sp³-hybridized carbons (Fsp3) is 0.444. The first-order valence-electron chi connectivity index (χ1n) is 4.88. The fourth-order valence-corrected chi connectivity index (χ4v) is 1.58. The molecule has 2 rings (SSSR count). The summed E-state index contributed by atoms with van der Waals surface area (Å²) < 4.78 is 3.37. The van der Waals surface area contributed by atoms with Crippen LogP contribution in [-0.4, -0.2) is 24.5 Å². The van der Waals surface area contributed by atoms with E-state index in [1.54, 1.807) is 15.4 Å². The van der Waals surface area contributed by atoms with E-state index in [1.165, 1.54) is 0 Å². The molecule has 0 unspecified atom stereocenters. The lowest BCUT2D eigenvalue weighted by Crippen LogP contribution is -2.21. The molecule has 0 bridgehead atoms. The van der Waals surface area contributed by atoms with Crippen LogP contribution < -0.4 is 5.69 Å². The van der Waals surface area contributed by atoms with Crippen molar-refractivity contribution in [3.63, 3.8) is 0 Å². The molecule has 15 heavy (non-hydrogen) atoms. The molecule has 0 fully saturated rings. The molecule has 80 valence electrons. The van der Waals surface area contributed by atoms with Gasteiger partial charge in [-0.3, -0.25) is 9.25 Å². The molecule has 0 aliphatic heterocycles. The predicted octanol–water partition coefficient (Wildman–Crippen LogP) is 0.397. The SMILES string of the molecule is CCn1c([C@H](C)n2cccn2)n[nH]c1=O. The molecule has 0 saturated heterocycles. The normalized spacial score (nSPS) is 12.9. The van der Waals surface area contributed by atoms with Gasteiger partial charge in [-0.25, -0.2) is 9.89 Å². The van der Waals surface area contributed by atoms with Crippen LogP contribution in [0.15, 0.2) is 23.3 Å². The Morgan fingerprint density at radius 1 is 1.60 bits per heavy atom. The summed E-state index contributed by atoms with van der Waals surface area (Å²) in [4.78, 5) is 11.4. The molecule has 0 aliphatic carbocycles. The van der Waals surface area contributed by atoms with Crippen molar-refractivity contribution in [3.8, 4) is 0 Å². The van der Waals surface area contributed by atoms with Gasteiger partial charge in [-0.15, -0.1) is 0 Å². The van der Waals surface area contributed by atoms with Gasteiger partial charge >= 0.3 is 5.69 Å². The van der Waals surface area contributed by atoms with Crippen LogP contribution in [-0.2, 0) is 6.54 Å². The molecule has 1 N–H and O–H groups in total. The van der Waals surface area contributed by atoms with Crippen molar-refractivity contribution in [2.45, 2.75) is 26.4 Å². The summed E-state index contributed by atoms with van der Waals surface area (Å²) in [5.74, 6) is 0.700. The second-order valence-electron chi connectivity index (χ2n) is 3.29. The standard InChI is InChI=1S/C9H13N5O/c1-3-13-8(11-12-9(13)15)7(2)14-6-4-5-10-14/h4-7H,3H2,1-2H3,(H,12,15)/t7-/m0/s1. The van der Waals surface area contributed by atoms with Crippen molar-refractivity contribution in [2.24, 2.45) is 0 Å². The summed E-state index contributed by atoms with van der Waals surface area (Å²) >= 11 is 0. The Hall–Kier alpha value is -1.85. The lowest BCUT2D eigenvalue weighted by atomic mass is 10.3. The zero-order valence-electron chi connectivity index (χ0n) is 8.71. The highest BCUT2D eigenvalue weighted by Gasteiger charge is 2.15. The summed E-state index contributed by atoms with van der Waals surface area (Å²) in [5, 5.41) is 10.6. The Morgan fingerprint density at radius 3 is 3.00 bits per heavy atom. The van der Waals surface area contributed by atoms with Gasteiger partial charge < -0.3 is 0 Å². The molecule has 2 aromatic rings. The minimum atomic E-state index is -0.175. The van der Waals surface area contributed by atoms with Crippen LogP contribution in [0.25, 0.3) is 0 Å². The average Bonchev–Trinajstić information content (AvgIpc) is 2.85.